The minimum Gasteiger partial charge on any atom is -0.465 e. The Labute approximate surface area is 175 Å². The topological polar surface area (TPSA) is 41.9 Å². The lowest BCUT2D eigenvalue weighted by atomic mass is 9.72. The molecule has 2 aliphatic rings. The Morgan fingerprint density at radius 1 is 1.23 bits per heavy atom. The van der Waals surface area contributed by atoms with Crippen LogP contribution in [0.2, 0.25) is 0 Å². The number of alkyl halides is 3. The maximum atomic E-state index is 13.3. The van der Waals surface area contributed by atoms with E-state index in [1.807, 2.05) is 51.1 Å². The third-order valence-electron chi connectivity index (χ3n) is 5.93. The van der Waals surface area contributed by atoms with E-state index in [0.717, 1.165) is 24.1 Å². The summed E-state index contributed by atoms with van der Waals surface area (Å²) < 4.78 is 45.3. The van der Waals surface area contributed by atoms with Crippen molar-refractivity contribution >= 4 is 11.7 Å². The van der Waals surface area contributed by atoms with Crippen molar-refractivity contribution in [1.29, 1.82) is 0 Å². The van der Waals surface area contributed by atoms with Gasteiger partial charge in [-0.05, 0) is 37.5 Å². The first-order valence-corrected chi connectivity index (χ1v) is 10.1. The Morgan fingerprint density at radius 2 is 1.87 bits per heavy atom. The molecule has 0 bridgehead atoms. The number of hydrogen-bond acceptors (Lipinski definition) is 4. The van der Waals surface area contributed by atoms with Gasteiger partial charge in [-0.25, -0.2) is 0 Å². The zero-order valence-electron chi connectivity index (χ0n) is 17.9. The van der Waals surface area contributed by atoms with Gasteiger partial charge in [0.1, 0.15) is 5.92 Å². The van der Waals surface area contributed by atoms with Crippen molar-refractivity contribution in [3.05, 3.63) is 58.8 Å². The number of carbonyl (C=O) groups is 1. The third kappa shape index (κ3) is 3.66. The summed E-state index contributed by atoms with van der Waals surface area (Å²) in [6, 6.07) is 8.79. The van der Waals surface area contributed by atoms with Crippen LogP contribution in [0.1, 0.15) is 46.6 Å². The van der Waals surface area contributed by atoms with Crippen molar-refractivity contribution < 1.29 is 22.7 Å². The van der Waals surface area contributed by atoms with Crippen LogP contribution in [0.25, 0.3) is 0 Å². The van der Waals surface area contributed by atoms with E-state index in [1.165, 1.54) is 0 Å². The number of benzene rings is 1. The SMILES string of the molecule is CCOC(=O)[C@@H]1C(c2ccccc2)=NN2C(/C=C(/C)C(F)(F)F)=C(CC)C(C)(C)[C@@H]12. The molecule has 0 spiro atoms. The second-order valence-electron chi connectivity index (χ2n) is 8.13. The first-order chi connectivity index (χ1) is 14.0. The van der Waals surface area contributed by atoms with Crippen molar-refractivity contribution in [3.8, 4) is 0 Å². The molecule has 1 aromatic carbocycles. The molecule has 0 unspecified atom stereocenters. The lowest BCUT2D eigenvalue weighted by Gasteiger charge is -2.33. The van der Waals surface area contributed by atoms with Gasteiger partial charge in [0.25, 0.3) is 0 Å². The third-order valence-corrected chi connectivity index (χ3v) is 5.93. The highest BCUT2D eigenvalue weighted by molar-refractivity contribution is 6.13. The number of carbonyl (C=O) groups excluding carboxylic acids is 1. The van der Waals surface area contributed by atoms with Gasteiger partial charge in [0.15, 0.2) is 0 Å². The summed E-state index contributed by atoms with van der Waals surface area (Å²) in [7, 11) is 0. The van der Waals surface area contributed by atoms with Crippen LogP contribution in [0.4, 0.5) is 13.2 Å². The van der Waals surface area contributed by atoms with Gasteiger partial charge in [-0.1, -0.05) is 51.1 Å². The Balaban J connectivity index is 2.19. The van der Waals surface area contributed by atoms with Crippen LogP contribution >= 0.6 is 0 Å². The number of esters is 1. The predicted molar refractivity (Wildman–Crippen MR) is 110 cm³/mol. The number of hydrogen-bond donors (Lipinski definition) is 0. The van der Waals surface area contributed by atoms with Crippen LogP contribution in [0.15, 0.2) is 58.4 Å². The van der Waals surface area contributed by atoms with Crippen LogP contribution in [0, 0.1) is 11.3 Å². The van der Waals surface area contributed by atoms with Crippen LogP contribution < -0.4 is 0 Å². The number of ether oxygens (including phenoxy) is 1. The van der Waals surface area contributed by atoms with Gasteiger partial charge in [-0.3, -0.25) is 9.80 Å². The molecule has 0 aliphatic carbocycles. The lowest BCUT2D eigenvalue weighted by Crippen LogP contribution is -2.44. The molecule has 0 aromatic heterocycles. The monoisotopic (exact) mass is 420 g/mol. The molecule has 0 saturated carbocycles. The average Bonchev–Trinajstić information content (AvgIpc) is 3.16. The highest BCUT2D eigenvalue weighted by Crippen LogP contribution is 2.52. The Kier molecular flexibility index (Phi) is 5.85. The highest BCUT2D eigenvalue weighted by Gasteiger charge is 2.57. The fourth-order valence-electron chi connectivity index (χ4n) is 4.50. The molecule has 4 nitrogen and oxygen atoms in total. The highest BCUT2D eigenvalue weighted by atomic mass is 19.4. The fourth-order valence-corrected chi connectivity index (χ4v) is 4.50. The van der Waals surface area contributed by atoms with E-state index in [-0.39, 0.29) is 6.61 Å². The Morgan fingerprint density at radius 3 is 2.40 bits per heavy atom. The molecule has 0 radical (unpaired) electrons. The second-order valence-corrected chi connectivity index (χ2v) is 8.13. The van der Waals surface area contributed by atoms with Crippen molar-refractivity contribution in [1.82, 2.24) is 5.01 Å². The van der Waals surface area contributed by atoms with Crippen molar-refractivity contribution in [2.24, 2.45) is 16.4 Å². The normalized spacial score (nSPS) is 23.5. The summed E-state index contributed by atoms with van der Waals surface area (Å²) in [6.45, 7) is 8.85. The summed E-state index contributed by atoms with van der Waals surface area (Å²) >= 11 is 0. The number of nitrogens with zero attached hydrogens (tertiary/aromatic N) is 2. The molecule has 0 N–H and O–H groups in total. The summed E-state index contributed by atoms with van der Waals surface area (Å²) in [5, 5.41) is 6.30. The second kappa shape index (κ2) is 7.93. The molecule has 162 valence electrons. The summed E-state index contributed by atoms with van der Waals surface area (Å²) in [4.78, 5) is 13.0. The number of hydrazone groups is 1. The molecule has 2 aliphatic heterocycles. The number of rotatable bonds is 5. The molecule has 2 atom stereocenters. The van der Waals surface area contributed by atoms with Gasteiger partial charge in [0.2, 0.25) is 0 Å². The molecule has 7 heteroatoms. The first kappa shape index (κ1) is 22.1. The van der Waals surface area contributed by atoms with E-state index in [0.29, 0.717) is 17.8 Å². The number of fused-ring (bicyclic) bond motifs is 1. The smallest absolute Gasteiger partial charge is 0.412 e. The lowest BCUT2D eigenvalue weighted by molar-refractivity contribution is -0.147. The maximum absolute atomic E-state index is 13.3. The van der Waals surface area contributed by atoms with E-state index >= 15 is 0 Å². The van der Waals surface area contributed by atoms with Crippen LogP contribution in [0.5, 0.6) is 0 Å². The minimum atomic E-state index is -4.43. The van der Waals surface area contributed by atoms with Gasteiger partial charge in [0, 0.05) is 11.0 Å². The molecular weight excluding hydrogens is 393 g/mol. The zero-order chi connectivity index (χ0) is 22.3. The van der Waals surface area contributed by atoms with E-state index in [1.54, 1.807) is 11.9 Å². The van der Waals surface area contributed by atoms with Crippen LogP contribution in [-0.2, 0) is 9.53 Å². The van der Waals surface area contributed by atoms with Crippen LogP contribution in [0.3, 0.4) is 0 Å². The van der Waals surface area contributed by atoms with E-state index in [4.69, 9.17) is 9.84 Å². The van der Waals surface area contributed by atoms with Gasteiger partial charge >= 0.3 is 12.1 Å². The summed E-state index contributed by atoms with van der Waals surface area (Å²) in [5.41, 5.74) is 1.29. The van der Waals surface area contributed by atoms with Crippen molar-refractivity contribution in [2.45, 2.75) is 53.3 Å². The fraction of sp³-hybridized carbons (Fsp3) is 0.478. The summed E-state index contributed by atoms with van der Waals surface area (Å²) in [5.74, 6) is -1.10. The van der Waals surface area contributed by atoms with Gasteiger partial charge in [-0.15, -0.1) is 0 Å². The largest absolute Gasteiger partial charge is 0.465 e. The molecule has 30 heavy (non-hydrogen) atoms. The van der Waals surface area contributed by atoms with Crippen molar-refractivity contribution in [3.63, 3.8) is 0 Å². The van der Waals surface area contributed by atoms with E-state index in [2.05, 4.69) is 0 Å². The molecule has 2 heterocycles. The molecule has 0 fully saturated rings. The van der Waals surface area contributed by atoms with Crippen LogP contribution in [-0.4, -0.2) is 35.5 Å². The van der Waals surface area contributed by atoms with Gasteiger partial charge in [-0.2, -0.15) is 18.3 Å². The number of allylic oxidation sites excluding steroid dienone is 2. The predicted octanol–water partition coefficient (Wildman–Crippen LogP) is 5.47. The van der Waals surface area contributed by atoms with Gasteiger partial charge in [0.05, 0.1) is 24.1 Å². The molecule has 3 rings (SSSR count). The molecule has 1 aromatic rings. The zero-order valence-corrected chi connectivity index (χ0v) is 17.9. The standard InChI is InChI=1S/C23H27F3N2O2/c1-6-16-17(13-14(3)23(24,25)26)28-20(22(16,4)5)18(21(29)30-7-2)19(27-28)15-11-9-8-10-12-15/h8-13,18,20H,6-7H2,1-5H3/b14-13-/t18-,20-/m1/s1. The van der Waals surface area contributed by atoms with Crippen molar-refractivity contribution in [2.75, 3.05) is 6.61 Å². The molecule has 0 saturated heterocycles. The average molecular weight is 420 g/mol. The van der Waals surface area contributed by atoms with E-state index in [9.17, 15) is 18.0 Å². The number of halogens is 3. The Bertz CT molecular complexity index is 914. The molecule has 0 amide bonds. The minimum absolute atomic E-state index is 0.221. The quantitative estimate of drug-likeness (QED) is 0.594. The van der Waals surface area contributed by atoms with Gasteiger partial charge < -0.3 is 4.74 Å². The molecular formula is C23H27F3N2O2. The Hall–Kier alpha value is -2.57. The summed E-state index contributed by atoms with van der Waals surface area (Å²) in [6.07, 6.45) is -2.72. The first-order valence-electron chi connectivity index (χ1n) is 10.1. The maximum Gasteiger partial charge on any atom is 0.412 e. The van der Waals surface area contributed by atoms with E-state index < -0.39 is 35.1 Å².